The van der Waals surface area contributed by atoms with Crippen molar-refractivity contribution in [3.05, 3.63) is 58.7 Å². The second-order valence-electron chi connectivity index (χ2n) is 7.46. The fraction of sp³-hybridized carbons (Fsp3) is 0.190. The van der Waals surface area contributed by atoms with E-state index in [1.165, 1.54) is 12.3 Å². The quantitative estimate of drug-likeness (QED) is 0.518. The molecular formula is C21H21ClN6O3S. The SMILES string of the molecule is Cc1ccc(Nc2ncc(Cl)c(Nc3ccc4c(c3)CCC(=O)N4C)n2)cc1S(N)(=O)=O. The molecule has 0 aliphatic carbocycles. The normalized spacial score (nSPS) is 13.6. The van der Waals surface area contributed by atoms with Crippen LogP contribution in [0.4, 0.5) is 28.8 Å². The average molecular weight is 473 g/mol. The van der Waals surface area contributed by atoms with E-state index in [1.54, 1.807) is 31.0 Å². The van der Waals surface area contributed by atoms with E-state index in [9.17, 15) is 13.2 Å². The number of hydrogen-bond acceptors (Lipinski definition) is 7. The Balaban J connectivity index is 1.59. The predicted octanol–water partition coefficient (Wildman–Crippen LogP) is 3.48. The first-order valence-electron chi connectivity index (χ1n) is 9.71. The Morgan fingerprint density at radius 3 is 2.56 bits per heavy atom. The van der Waals surface area contributed by atoms with Crippen LogP contribution in [0.2, 0.25) is 5.02 Å². The lowest BCUT2D eigenvalue weighted by molar-refractivity contribution is -0.118. The number of aryl methyl sites for hydroxylation is 2. The smallest absolute Gasteiger partial charge is 0.238 e. The number of carbonyl (C=O) groups is 1. The third-order valence-corrected chi connectivity index (χ3v) is 6.51. The zero-order valence-corrected chi connectivity index (χ0v) is 19.0. The van der Waals surface area contributed by atoms with Gasteiger partial charge >= 0.3 is 0 Å². The molecule has 1 amide bonds. The molecule has 1 aromatic heterocycles. The molecule has 4 rings (SSSR count). The summed E-state index contributed by atoms with van der Waals surface area (Å²) < 4.78 is 23.5. The molecule has 0 bridgehead atoms. The number of benzene rings is 2. The number of halogens is 1. The molecule has 1 aliphatic heterocycles. The van der Waals surface area contributed by atoms with Gasteiger partial charge in [0.2, 0.25) is 21.9 Å². The van der Waals surface area contributed by atoms with Crippen molar-refractivity contribution in [1.29, 1.82) is 0 Å². The number of nitrogens with one attached hydrogen (secondary N) is 2. The van der Waals surface area contributed by atoms with E-state index >= 15 is 0 Å². The maximum absolute atomic E-state index is 11.9. The molecular weight excluding hydrogens is 452 g/mol. The molecule has 32 heavy (non-hydrogen) atoms. The van der Waals surface area contributed by atoms with Crippen molar-refractivity contribution < 1.29 is 13.2 Å². The molecule has 0 fully saturated rings. The maximum Gasteiger partial charge on any atom is 0.238 e. The Kier molecular flexibility index (Phi) is 5.76. The van der Waals surface area contributed by atoms with Crippen LogP contribution < -0.4 is 20.7 Å². The summed E-state index contributed by atoms with van der Waals surface area (Å²) >= 11 is 6.28. The summed E-state index contributed by atoms with van der Waals surface area (Å²) in [5.41, 5.74) is 3.71. The van der Waals surface area contributed by atoms with E-state index in [1.807, 2.05) is 18.2 Å². The van der Waals surface area contributed by atoms with Gasteiger partial charge < -0.3 is 15.5 Å². The number of hydrogen-bond donors (Lipinski definition) is 3. The first-order chi connectivity index (χ1) is 15.1. The number of nitrogens with zero attached hydrogens (tertiary/aromatic N) is 3. The summed E-state index contributed by atoms with van der Waals surface area (Å²) in [6, 6.07) is 10.5. The highest BCUT2D eigenvalue weighted by Crippen LogP contribution is 2.32. The minimum Gasteiger partial charge on any atom is -0.339 e. The zero-order valence-electron chi connectivity index (χ0n) is 17.4. The monoisotopic (exact) mass is 472 g/mol. The van der Waals surface area contributed by atoms with Gasteiger partial charge in [-0.25, -0.2) is 18.5 Å². The molecule has 4 N–H and O–H groups in total. The lowest BCUT2D eigenvalue weighted by Crippen LogP contribution is -2.31. The third kappa shape index (κ3) is 4.52. The zero-order chi connectivity index (χ0) is 23.0. The highest BCUT2D eigenvalue weighted by molar-refractivity contribution is 7.89. The van der Waals surface area contributed by atoms with Crippen molar-refractivity contribution in [2.75, 3.05) is 22.6 Å². The van der Waals surface area contributed by atoms with Gasteiger partial charge in [0.15, 0.2) is 5.82 Å². The number of carbonyl (C=O) groups excluding carboxylic acids is 1. The average Bonchev–Trinajstić information content (AvgIpc) is 2.74. The minimum absolute atomic E-state index is 0.0207. The molecule has 2 heterocycles. The van der Waals surface area contributed by atoms with Gasteiger partial charge in [-0.05, 0) is 54.8 Å². The standard InChI is InChI=1S/C21H21ClN6O3S/c1-12-3-5-15(10-18(12)32(23,30)31)26-21-24-11-16(22)20(27-21)25-14-6-7-17-13(9-14)4-8-19(29)28(17)2/h3,5-7,9-11H,4,8H2,1-2H3,(H2,23,30,31)(H2,24,25,26,27). The van der Waals surface area contributed by atoms with E-state index in [0.717, 1.165) is 16.9 Å². The lowest BCUT2D eigenvalue weighted by atomic mass is 10.0. The van der Waals surface area contributed by atoms with Crippen LogP contribution in [0.15, 0.2) is 47.5 Å². The molecule has 9 nitrogen and oxygen atoms in total. The molecule has 2 aromatic carbocycles. The van der Waals surface area contributed by atoms with Gasteiger partial charge in [0.25, 0.3) is 0 Å². The van der Waals surface area contributed by atoms with Crippen LogP contribution in [0.1, 0.15) is 17.5 Å². The number of aromatic nitrogens is 2. The van der Waals surface area contributed by atoms with Crippen LogP contribution in [0.25, 0.3) is 0 Å². The molecule has 0 saturated heterocycles. The molecule has 166 valence electrons. The van der Waals surface area contributed by atoms with Crippen LogP contribution >= 0.6 is 11.6 Å². The summed E-state index contributed by atoms with van der Waals surface area (Å²) in [4.78, 5) is 22.1. The Hall–Kier alpha value is -3.21. The first kappa shape index (κ1) is 22.0. The summed E-state index contributed by atoms with van der Waals surface area (Å²) in [7, 11) is -2.09. The molecule has 0 atom stereocenters. The third-order valence-electron chi connectivity index (χ3n) is 5.18. The number of sulfonamides is 1. The summed E-state index contributed by atoms with van der Waals surface area (Å²) in [5, 5.41) is 11.7. The van der Waals surface area contributed by atoms with Gasteiger partial charge in [-0.1, -0.05) is 17.7 Å². The van der Waals surface area contributed by atoms with Gasteiger partial charge in [0, 0.05) is 30.5 Å². The number of anilines is 5. The van der Waals surface area contributed by atoms with Crippen molar-refractivity contribution in [2.24, 2.45) is 5.14 Å². The predicted molar refractivity (Wildman–Crippen MR) is 124 cm³/mol. The number of fused-ring (bicyclic) bond motifs is 1. The lowest BCUT2D eigenvalue weighted by Gasteiger charge is -2.26. The number of rotatable bonds is 5. The fourth-order valence-corrected chi connectivity index (χ4v) is 4.45. The van der Waals surface area contributed by atoms with Crippen molar-refractivity contribution in [1.82, 2.24) is 9.97 Å². The van der Waals surface area contributed by atoms with Crippen LogP contribution in [0.3, 0.4) is 0 Å². The second-order valence-corrected chi connectivity index (χ2v) is 9.40. The topological polar surface area (TPSA) is 130 Å². The van der Waals surface area contributed by atoms with Gasteiger partial charge in [-0.3, -0.25) is 4.79 Å². The van der Waals surface area contributed by atoms with Crippen LogP contribution in [-0.2, 0) is 21.2 Å². The van der Waals surface area contributed by atoms with E-state index in [-0.39, 0.29) is 16.8 Å². The van der Waals surface area contributed by atoms with Crippen molar-refractivity contribution >= 4 is 56.4 Å². The number of amides is 1. The van der Waals surface area contributed by atoms with Crippen molar-refractivity contribution in [2.45, 2.75) is 24.7 Å². The molecule has 1 aliphatic rings. The van der Waals surface area contributed by atoms with E-state index in [0.29, 0.717) is 34.9 Å². The number of primary sulfonamides is 1. The fourth-order valence-electron chi connectivity index (χ4n) is 3.50. The minimum atomic E-state index is -3.86. The number of nitrogens with two attached hydrogens (primary N) is 1. The summed E-state index contributed by atoms with van der Waals surface area (Å²) in [5.74, 6) is 0.696. The van der Waals surface area contributed by atoms with Gasteiger partial charge in [0.1, 0.15) is 5.02 Å². The first-order valence-corrected chi connectivity index (χ1v) is 11.6. The van der Waals surface area contributed by atoms with E-state index in [2.05, 4.69) is 20.6 Å². The van der Waals surface area contributed by atoms with E-state index < -0.39 is 10.0 Å². The summed E-state index contributed by atoms with van der Waals surface area (Å²) in [6.07, 6.45) is 2.57. The van der Waals surface area contributed by atoms with Gasteiger partial charge in [-0.15, -0.1) is 0 Å². The Morgan fingerprint density at radius 1 is 1.09 bits per heavy atom. The molecule has 3 aromatic rings. The summed E-state index contributed by atoms with van der Waals surface area (Å²) in [6.45, 7) is 1.66. The van der Waals surface area contributed by atoms with Crippen LogP contribution in [0, 0.1) is 6.92 Å². The molecule has 0 spiro atoms. The Morgan fingerprint density at radius 2 is 1.81 bits per heavy atom. The van der Waals surface area contributed by atoms with Crippen molar-refractivity contribution in [3.63, 3.8) is 0 Å². The van der Waals surface area contributed by atoms with Crippen molar-refractivity contribution in [3.8, 4) is 0 Å². The Labute approximate surface area is 190 Å². The van der Waals surface area contributed by atoms with Crippen LogP contribution in [0.5, 0.6) is 0 Å². The highest BCUT2D eigenvalue weighted by atomic mass is 35.5. The molecule has 0 saturated carbocycles. The highest BCUT2D eigenvalue weighted by Gasteiger charge is 2.21. The van der Waals surface area contributed by atoms with Gasteiger partial charge in [0.05, 0.1) is 11.1 Å². The molecule has 11 heteroatoms. The largest absolute Gasteiger partial charge is 0.339 e. The second kappa shape index (κ2) is 8.38. The Bertz CT molecular complexity index is 1330. The molecule has 0 radical (unpaired) electrons. The van der Waals surface area contributed by atoms with Crippen LogP contribution in [-0.4, -0.2) is 31.3 Å². The molecule has 0 unspecified atom stereocenters. The maximum atomic E-state index is 11.9. The van der Waals surface area contributed by atoms with Gasteiger partial charge in [-0.2, -0.15) is 4.98 Å². The van der Waals surface area contributed by atoms with E-state index in [4.69, 9.17) is 16.7 Å².